The molecule has 0 aliphatic rings. The lowest BCUT2D eigenvalue weighted by Gasteiger charge is -2.19. The number of amides is 1. The predicted molar refractivity (Wildman–Crippen MR) is 73.5 cm³/mol. The van der Waals surface area contributed by atoms with E-state index in [1.165, 1.54) is 11.8 Å². The van der Waals surface area contributed by atoms with Crippen molar-refractivity contribution in [3.8, 4) is 0 Å². The first-order valence-corrected chi connectivity index (χ1v) is 6.71. The van der Waals surface area contributed by atoms with Crippen LogP contribution in [0.25, 0.3) is 0 Å². The van der Waals surface area contributed by atoms with E-state index < -0.39 is 11.7 Å². The molecule has 0 fully saturated rings. The largest absolute Gasteiger partial charge is 0.444 e. The molecule has 0 aliphatic heterocycles. The van der Waals surface area contributed by atoms with Gasteiger partial charge in [-0.2, -0.15) is 0 Å². The molecular formula is C13H17NO3S. The molecule has 0 atom stereocenters. The molecule has 4 nitrogen and oxygen atoms in total. The highest BCUT2D eigenvalue weighted by Crippen LogP contribution is 2.22. The minimum Gasteiger partial charge on any atom is -0.444 e. The number of aldehydes is 1. The molecule has 1 amide bonds. The van der Waals surface area contributed by atoms with Gasteiger partial charge in [0.25, 0.3) is 0 Å². The summed E-state index contributed by atoms with van der Waals surface area (Å²) in [6, 6.07) is 5.16. The fourth-order valence-corrected chi connectivity index (χ4v) is 1.87. The van der Waals surface area contributed by atoms with Crippen LogP contribution in [0.1, 0.15) is 31.1 Å². The number of anilines is 1. The van der Waals surface area contributed by atoms with Crippen LogP contribution in [0.4, 0.5) is 10.5 Å². The van der Waals surface area contributed by atoms with Crippen LogP contribution in [-0.2, 0) is 4.74 Å². The molecule has 1 N–H and O–H groups in total. The van der Waals surface area contributed by atoms with E-state index in [-0.39, 0.29) is 0 Å². The Morgan fingerprint density at radius 1 is 1.39 bits per heavy atom. The van der Waals surface area contributed by atoms with Gasteiger partial charge in [-0.25, -0.2) is 4.79 Å². The Morgan fingerprint density at radius 3 is 2.56 bits per heavy atom. The summed E-state index contributed by atoms with van der Waals surface area (Å²) in [5, 5.41) is 2.60. The molecule has 18 heavy (non-hydrogen) atoms. The van der Waals surface area contributed by atoms with Gasteiger partial charge in [-0.05, 0) is 45.2 Å². The average Bonchev–Trinajstić information content (AvgIpc) is 2.26. The van der Waals surface area contributed by atoms with Crippen LogP contribution < -0.4 is 5.32 Å². The van der Waals surface area contributed by atoms with Gasteiger partial charge in [0.2, 0.25) is 0 Å². The fourth-order valence-electron chi connectivity index (χ4n) is 1.33. The summed E-state index contributed by atoms with van der Waals surface area (Å²) in [5.74, 6) is 0. The van der Waals surface area contributed by atoms with Gasteiger partial charge >= 0.3 is 6.09 Å². The molecule has 0 radical (unpaired) electrons. The van der Waals surface area contributed by atoms with E-state index in [0.29, 0.717) is 11.3 Å². The highest BCUT2D eigenvalue weighted by molar-refractivity contribution is 7.98. The second-order valence-corrected chi connectivity index (χ2v) is 5.55. The quantitative estimate of drug-likeness (QED) is 0.672. The average molecular weight is 267 g/mol. The number of hydrogen-bond acceptors (Lipinski definition) is 4. The van der Waals surface area contributed by atoms with Crippen LogP contribution >= 0.6 is 11.8 Å². The van der Waals surface area contributed by atoms with Gasteiger partial charge in [0.1, 0.15) is 5.60 Å². The van der Waals surface area contributed by atoms with E-state index in [1.807, 2.05) is 6.26 Å². The van der Waals surface area contributed by atoms with E-state index in [9.17, 15) is 9.59 Å². The van der Waals surface area contributed by atoms with Crippen LogP contribution in [0.3, 0.4) is 0 Å². The van der Waals surface area contributed by atoms with Crippen molar-refractivity contribution in [3.63, 3.8) is 0 Å². The zero-order chi connectivity index (χ0) is 13.8. The number of carbonyl (C=O) groups excluding carboxylic acids is 2. The van der Waals surface area contributed by atoms with Crippen molar-refractivity contribution < 1.29 is 14.3 Å². The first-order valence-electron chi connectivity index (χ1n) is 5.49. The number of nitrogens with one attached hydrogen (secondary N) is 1. The summed E-state index contributed by atoms with van der Waals surface area (Å²) in [6.45, 7) is 5.38. The molecule has 0 spiro atoms. The van der Waals surface area contributed by atoms with Crippen molar-refractivity contribution in [2.75, 3.05) is 11.6 Å². The Bertz CT molecular complexity index is 452. The second kappa shape index (κ2) is 5.91. The monoisotopic (exact) mass is 267 g/mol. The third kappa shape index (κ3) is 4.41. The second-order valence-electron chi connectivity index (χ2n) is 4.70. The van der Waals surface area contributed by atoms with E-state index in [2.05, 4.69) is 5.32 Å². The Balaban J connectivity index is 2.80. The van der Waals surface area contributed by atoms with Crippen LogP contribution in [0.5, 0.6) is 0 Å². The number of ether oxygens (including phenoxy) is 1. The van der Waals surface area contributed by atoms with E-state index in [1.54, 1.807) is 39.0 Å². The molecule has 1 aromatic rings. The van der Waals surface area contributed by atoms with Crippen LogP contribution in [-0.4, -0.2) is 24.2 Å². The minimum absolute atomic E-state index is 0.531. The van der Waals surface area contributed by atoms with Crippen LogP contribution in [0.2, 0.25) is 0 Å². The Labute approximate surface area is 111 Å². The molecular weight excluding hydrogens is 250 g/mol. The van der Waals surface area contributed by atoms with Gasteiger partial charge < -0.3 is 4.74 Å². The van der Waals surface area contributed by atoms with Crippen molar-refractivity contribution in [2.24, 2.45) is 0 Å². The highest BCUT2D eigenvalue weighted by Gasteiger charge is 2.16. The van der Waals surface area contributed by atoms with Crippen molar-refractivity contribution in [1.29, 1.82) is 0 Å². The smallest absolute Gasteiger partial charge is 0.412 e. The van der Waals surface area contributed by atoms with Crippen molar-refractivity contribution in [1.82, 2.24) is 0 Å². The summed E-state index contributed by atoms with van der Waals surface area (Å²) >= 11 is 1.48. The topological polar surface area (TPSA) is 55.4 Å². The van der Waals surface area contributed by atoms with E-state index in [0.717, 1.165) is 11.2 Å². The highest BCUT2D eigenvalue weighted by atomic mass is 32.2. The zero-order valence-corrected chi connectivity index (χ0v) is 11.8. The standard InChI is InChI=1S/C13H17NO3S/c1-13(2,3)17-12(16)14-10-5-6-11(18-4)9(7-10)8-15/h5-8H,1-4H3,(H,14,16). The molecule has 1 rings (SSSR count). The van der Waals surface area contributed by atoms with Crippen LogP contribution in [0, 0.1) is 0 Å². The van der Waals surface area contributed by atoms with Gasteiger partial charge in [0, 0.05) is 16.1 Å². The lowest BCUT2D eigenvalue weighted by atomic mass is 10.2. The molecule has 0 aliphatic carbocycles. The Kier molecular flexibility index (Phi) is 4.78. The van der Waals surface area contributed by atoms with Crippen molar-refractivity contribution in [3.05, 3.63) is 23.8 Å². The van der Waals surface area contributed by atoms with E-state index in [4.69, 9.17) is 4.74 Å². The SMILES string of the molecule is CSc1ccc(NC(=O)OC(C)(C)C)cc1C=O. The summed E-state index contributed by atoms with van der Waals surface area (Å²) in [7, 11) is 0. The first-order chi connectivity index (χ1) is 8.35. The lowest BCUT2D eigenvalue weighted by molar-refractivity contribution is 0.0635. The van der Waals surface area contributed by atoms with Gasteiger partial charge in [0.05, 0.1) is 0 Å². The fraction of sp³-hybridized carbons (Fsp3) is 0.385. The maximum atomic E-state index is 11.6. The number of hydrogen-bond donors (Lipinski definition) is 1. The van der Waals surface area contributed by atoms with Gasteiger partial charge in [-0.1, -0.05) is 0 Å². The predicted octanol–water partition coefficient (Wildman–Crippen LogP) is 3.57. The van der Waals surface area contributed by atoms with Crippen molar-refractivity contribution >= 4 is 29.8 Å². The molecule has 0 unspecified atom stereocenters. The molecule has 0 aromatic heterocycles. The number of rotatable bonds is 3. The molecule has 98 valence electrons. The van der Waals surface area contributed by atoms with Gasteiger partial charge in [-0.15, -0.1) is 11.8 Å². The minimum atomic E-state index is -0.545. The number of carbonyl (C=O) groups is 2. The summed E-state index contributed by atoms with van der Waals surface area (Å²) < 4.78 is 5.13. The Morgan fingerprint density at radius 2 is 2.06 bits per heavy atom. The zero-order valence-electron chi connectivity index (χ0n) is 10.9. The lowest BCUT2D eigenvalue weighted by Crippen LogP contribution is -2.27. The maximum Gasteiger partial charge on any atom is 0.412 e. The third-order valence-electron chi connectivity index (χ3n) is 2.00. The number of benzene rings is 1. The van der Waals surface area contributed by atoms with Crippen molar-refractivity contribution in [2.45, 2.75) is 31.3 Å². The summed E-state index contributed by atoms with van der Waals surface area (Å²) in [4.78, 5) is 23.3. The summed E-state index contributed by atoms with van der Waals surface area (Å²) in [5.41, 5.74) is 0.553. The molecule has 0 saturated heterocycles. The molecule has 0 heterocycles. The summed E-state index contributed by atoms with van der Waals surface area (Å²) in [6.07, 6.45) is 2.13. The van der Waals surface area contributed by atoms with Gasteiger partial charge in [0.15, 0.2) is 6.29 Å². The van der Waals surface area contributed by atoms with Gasteiger partial charge in [-0.3, -0.25) is 10.1 Å². The molecule has 0 saturated carbocycles. The molecule has 5 heteroatoms. The van der Waals surface area contributed by atoms with E-state index >= 15 is 0 Å². The molecule has 1 aromatic carbocycles. The number of thioether (sulfide) groups is 1. The normalized spacial score (nSPS) is 10.9. The third-order valence-corrected chi connectivity index (χ3v) is 2.81. The maximum absolute atomic E-state index is 11.6. The molecule has 0 bridgehead atoms. The van der Waals surface area contributed by atoms with Crippen LogP contribution in [0.15, 0.2) is 23.1 Å². The first kappa shape index (κ1) is 14.6. The Hall–Kier alpha value is -1.49.